The molecule has 22 heavy (non-hydrogen) atoms. The van der Waals surface area contributed by atoms with Gasteiger partial charge in [-0.2, -0.15) is 0 Å². The van der Waals surface area contributed by atoms with Crippen molar-refractivity contribution in [3.63, 3.8) is 0 Å². The Morgan fingerprint density at radius 1 is 0.864 bits per heavy atom. The minimum Gasteiger partial charge on any atom is -0.256 e. The Hall–Kier alpha value is -1.70. The predicted octanol–water partition coefficient (Wildman–Crippen LogP) is 5.96. The molecular weight excluding hydrogens is 273 g/mol. The van der Waals surface area contributed by atoms with Gasteiger partial charge in [-0.3, -0.25) is 4.98 Å². The molecule has 2 rings (SSSR count). The van der Waals surface area contributed by atoms with E-state index in [1.54, 1.807) is 6.07 Å². The maximum Gasteiger partial charge on any atom is 0.132 e. The number of hydrogen-bond donors (Lipinski definition) is 0. The molecule has 0 aliphatic carbocycles. The van der Waals surface area contributed by atoms with Gasteiger partial charge in [-0.15, -0.1) is 0 Å². The molecule has 0 spiro atoms. The Labute approximate surface area is 133 Å². The van der Waals surface area contributed by atoms with Crippen LogP contribution in [0, 0.1) is 5.82 Å². The summed E-state index contributed by atoms with van der Waals surface area (Å²) in [6.45, 7) is 4.35. The number of aromatic nitrogens is 1. The van der Waals surface area contributed by atoms with E-state index in [1.807, 2.05) is 30.5 Å². The third-order valence-corrected chi connectivity index (χ3v) is 3.99. The third kappa shape index (κ3) is 4.66. The Bertz CT molecular complexity index is 575. The van der Waals surface area contributed by atoms with E-state index in [9.17, 15) is 4.39 Å². The number of pyridine rings is 1. The number of aryl methyl sites for hydroxylation is 2. The molecule has 0 atom stereocenters. The minimum absolute atomic E-state index is 0.163. The van der Waals surface area contributed by atoms with Crippen LogP contribution in [0.4, 0.5) is 4.39 Å². The molecule has 0 aliphatic rings. The number of benzene rings is 1. The zero-order valence-corrected chi connectivity index (χ0v) is 13.7. The number of rotatable bonds is 8. The summed E-state index contributed by atoms with van der Waals surface area (Å²) in [5, 5.41) is 0. The van der Waals surface area contributed by atoms with E-state index in [4.69, 9.17) is 0 Å². The lowest BCUT2D eigenvalue weighted by Gasteiger charge is -2.07. The lowest BCUT2D eigenvalue weighted by atomic mass is 10.0. The Kier molecular flexibility index (Phi) is 6.57. The SMILES string of the molecule is CCCCCCc1ccc(-c2ccc(CCC)cn2)c(F)c1. The number of nitrogens with zero attached hydrogens (tertiary/aromatic N) is 1. The molecular formula is C20H26FN. The second-order valence-electron chi connectivity index (χ2n) is 5.93. The summed E-state index contributed by atoms with van der Waals surface area (Å²) in [4.78, 5) is 4.40. The van der Waals surface area contributed by atoms with Crippen molar-refractivity contribution < 1.29 is 4.39 Å². The summed E-state index contributed by atoms with van der Waals surface area (Å²) in [6, 6.07) is 9.54. The standard InChI is InChI=1S/C20H26FN/c1-3-5-6-7-9-16-10-12-18(19(21)14-16)20-13-11-17(8-4-2)15-22-20/h10-15H,3-9H2,1-2H3. The molecule has 0 radical (unpaired) electrons. The summed E-state index contributed by atoms with van der Waals surface area (Å²) in [5.74, 6) is -0.163. The molecule has 2 aromatic rings. The maximum atomic E-state index is 14.3. The Balaban J connectivity index is 2.05. The van der Waals surface area contributed by atoms with Gasteiger partial charge < -0.3 is 0 Å². The van der Waals surface area contributed by atoms with Crippen LogP contribution in [-0.4, -0.2) is 4.98 Å². The summed E-state index contributed by atoms with van der Waals surface area (Å²) in [7, 11) is 0. The zero-order chi connectivity index (χ0) is 15.8. The van der Waals surface area contributed by atoms with Gasteiger partial charge in [0.25, 0.3) is 0 Å². The highest BCUT2D eigenvalue weighted by atomic mass is 19.1. The summed E-state index contributed by atoms with van der Waals surface area (Å²) < 4.78 is 14.3. The van der Waals surface area contributed by atoms with Crippen molar-refractivity contribution in [2.75, 3.05) is 0 Å². The van der Waals surface area contributed by atoms with Crippen LogP contribution in [0.1, 0.15) is 57.1 Å². The predicted molar refractivity (Wildman–Crippen MR) is 91.5 cm³/mol. The van der Waals surface area contributed by atoms with Gasteiger partial charge in [0.05, 0.1) is 5.69 Å². The third-order valence-electron chi connectivity index (χ3n) is 3.99. The fourth-order valence-electron chi connectivity index (χ4n) is 2.70. The van der Waals surface area contributed by atoms with Gasteiger partial charge in [-0.25, -0.2) is 4.39 Å². The van der Waals surface area contributed by atoms with E-state index >= 15 is 0 Å². The maximum absolute atomic E-state index is 14.3. The van der Waals surface area contributed by atoms with Gasteiger partial charge in [-0.05, 0) is 48.6 Å². The van der Waals surface area contributed by atoms with E-state index in [2.05, 4.69) is 18.8 Å². The van der Waals surface area contributed by atoms with Gasteiger partial charge in [0.15, 0.2) is 0 Å². The fraction of sp³-hybridized carbons (Fsp3) is 0.450. The first-order chi connectivity index (χ1) is 10.7. The monoisotopic (exact) mass is 299 g/mol. The lowest BCUT2D eigenvalue weighted by Crippen LogP contribution is -1.93. The lowest BCUT2D eigenvalue weighted by molar-refractivity contribution is 0.623. The van der Waals surface area contributed by atoms with Crippen molar-refractivity contribution in [3.8, 4) is 11.3 Å². The minimum atomic E-state index is -0.163. The molecule has 0 amide bonds. The van der Waals surface area contributed by atoms with Crippen LogP contribution in [0.25, 0.3) is 11.3 Å². The molecule has 118 valence electrons. The van der Waals surface area contributed by atoms with Crippen LogP contribution in [0.3, 0.4) is 0 Å². The van der Waals surface area contributed by atoms with Crippen molar-refractivity contribution in [2.45, 2.75) is 58.8 Å². The molecule has 0 fully saturated rings. The number of unbranched alkanes of at least 4 members (excludes halogenated alkanes) is 3. The molecule has 1 heterocycles. The molecule has 1 aromatic carbocycles. The largest absolute Gasteiger partial charge is 0.256 e. The van der Waals surface area contributed by atoms with Gasteiger partial charge in [0.1, 0.15) is 5.82 Å². The molecule has 1 nitrogen and oxygen atoms in total. The Morgan fingerprint density at radius 2 is 1.68 bits per heavy atom. The summed E-state index contributed by atoms with van der Waals surface area (Å²) in [6.07, 6.45) is 9.78. The summed E-state index contributed by atoms with van der Waals surface area (Å²) in [5.41, 5.74) is 3.61. The molecule has 1 aromatic heterocycles. The molecule has 0 N–H and O–H groups in total. The van der Waals surface area contributed by atoms with Crippen LogP contribution in [0.2, 0.25) is 0 Å². The van der Waals surface area contributed by atoms with E-state index in [0.717, 1.165) is 36.9 Å². The van der Waals surface area contributed by atoms with Crippen LogP contribution < -0.4 is 0 Å². The van der Waals surface area contributed by atoms with Crippen molar-refractivity contribution in [1.29, 1.82) is 0 Å². The highest BCUT2D eigenvalue weighted by Crippen LogP contribution is 2.23. The van der Waals surface area contributed by atoms with Gasteiger partial charge in [0, 0.05) is 11.8 Å². The average Bonchev–Trinajstić information content (AvgIpc) is 2.53. The zero-order valence-electron chi connectivity index (χ0n) is 13.7. The highest BCUT2D eigenvalue weighted by molar-refractivity contribution is 5.60. The average molecular weight is 299 g/mol. The van der Waals surface area contributed by atoms with E-state index in [-0.39, 0.29) is 5.82 Å². The topological polar surface area (TPSA) is 12.9 Å². The van der Waals surface area contributed by atoms with Gasteiger partial charge >= 0.3 is 0 Å². The number of hydrogen-bond acceptors (Lipinski definition) is 1. The number of halogens is 1. The first-order valence-electron chi connectivity index (χ1n) is 8.48. The van der Waals surface area contributed by atoms with E-state index < -0.39 is 0 Å². The van der Waals surface area contributed by atoms with Crippen LogP contribution >= 0.6 is 0 Å². The van der Waals surface area contributed by atoms with Crippen molar-refractivity contribution in [1.82, 2.24) is 4.98 Å². The molecule has 0 saturated heterocycles. The second kappa shape index (κ2) is 8.67. The first-order valence-corrected chi connectivity index (χ1v) is 8.48. The van der Waals surface area contributed by atoms with Crippen molar-refractivity contribution in [2.24, 2.45) is 0 Å². The Morgan fingerprint density at radius 3 is 2.32 bits per heavy atom. The summed E-state index contributed by atoms with van der Waals surface area (Å²) >= 11 is 0. The van der Waals surface area contributed by atoms with Crippen LogP contribution in [0.15, 0.2) is 36.5 Å². The van der Waals surface area contributed by atoms with Crippen molar-refractivity contribution in [3.05, 3.63) is 53.5 Å². The van der Waals surface area contributed by atoms with E-state index in [0.29, 0.717) is 5.56 Å². The quantitative estimate of drug-likeness (QED) is 0.548. The fourth-order valence-corrected chi connectivity index (χ4v) is 2.70. The van der Waals surface area contributed by atoms with Gasteiger partial charge in [0.2, 0.25) is 0 Å². The first kappa shape index (κ1) is 16.7. The molecule has 0 saturated carbocycles. The molecule has 2 heteroatoms. The normalized spacial score (nSPS) is 10.9. The second-order valence-corrected chi connectivity index (χ2v) is 5.93. The smallest absolute Gasteiger partial charge is 0.132 e. The van der Waals surface area contributed by atoms with Crippen LogP contribution in [0.5, 0.6) is 0 Å². The molecule has 0 aliphatic heterocycles. The molecule has 0 bridgehead atoms. The van der Waals surface area contributed by atoms with Gasteiger partial charge in [-0.1, -0.05) is 51.7 Å². The van der Waals surface area contributed by atoms with Crippen molar-refractivity contribution >= 4 is 0 Å². The highest BCUT2D eigenvalue weighted by Gasteiger charge is 2.07. The van der Waals surface area contributed by atoms with E-state index in [1.165, 1.54) is 24.8 Å². The van der Waals surface area contributed by atoms with Crippen LogP contribution in [-0.2, 0) is 12.8 Å². The molecule has 0 unspecified atom stereocenters.